The molecule has 4 heteroatoms. The number of rotatable bonds is 4. The molecule has 0 bridgehead atoms. The first-order valence-corrected chi connectivity index (χ1v) is 7.10. The Hall–Kier alpha value is -2.33. The van der Waals surface area contributed by atoms with Crippen LogP contribution >= 0.6 is 12.2 Å². The highest BCUT2D eigenvalue weighted by molar-refractivity contribution is 7.80. The van der Waals surface area contributed by atoms with Crippen LogP contribution in [-0.2, 0) is 6.54 Å². The Labute approximate surface area is 128 Å². The van der Waals surface area contributed by atoms with Crippen molar-refractivity contribution in [3.8, 4) is 5.75 Å². The zero-order chi connectivity index (χ0) is 14.8. The van der Waals surface area contributed by atoms with E-state index in [1.165, 1.54) is 5.39 Å². The summed E-state index contributed by atoms with van der Waals surface area (Å²) in [5.41, 5.74) is 8.86. The molecule has 21 heavy (non-hydrogen) atoms. The van der Waals surface area contributed by atoms with Gasteiger partial charge in [0.2, 0.25) is 0 Å². The van der Waals surface area contributed by atoms with Crippen LogP contribution in [0.2, 0.25) is 0 Å². The van der Waals surface area contributed by atoms with Crippen LogP contribution in [0, 0.1) is 0 Å². The van der Waals surface area contributed by atoms with Gasteiger partial charge in [-0.15, -0.1) is 0 Å². The summed E-state index contributed by atoms with van der Waals surface area (Å²) in [5.74, 6) is 0.893. The molecule has 3 nitrogen and oxygen atoms in total. The average molecular weight is 296 g/mol. The fraction of sp³-hybridized carbons (Fsp3) is 0.118. The maximum atomic E-state index is 5.72. The van der Waals surface area contributed by atoms with Gasteiger partial charge in [0.25, 0.3) is 0 Å². The van der Waals surface area contributed by atoms with Gasteiger partial charge in [0.15, 0.2) is 0 Å². The Morgan fingerprint density at radius 3 is 2.76 bits per heavy atom. The first kappa shape index (κ1) is 13.6. The number of nitrogens with zero attached hydrogens (tertiary/aromatic N) is 1. The van der Waals surface area contributed by atoms with Crippen molar-refractivity contribution >= 4 is 28.1 Å². The van der Waals surface area contributed by atoms with Crippen molar-refractivity contribution in [1.29, 1.82) is 0 Å². The summed E-state index contributed by atoms with van der Waals surface area (Å²) in [6.45, 7) is 0.744. The van der Waals surface area contributed by atoms with E-state index in [2.05, 4.69) is 22.9 Å². The molecule has 2 N–H and O–H groups in total. The second-order valence-electron chi connectivity index (χ2n) is 4.89. The summed E-state index contributed by atoms with van der Waals surface area (Å²) in [6.07, 6.45) is 2.07. The van der Waals surface area contributed by atoms with E-state index in [-0.39, 0.29) is 0 Å². The Kier molecular flexibility index (Phi) is 3.62. The summed E-state index contributed by atoms with van der Waals surface area (Å²) in [4.78, 5) is 0.418. The van der Waals surface area contributed by atoms with E-state index >= 15 is 0 Å². The molecule has 0 saturated carbocycles. The number of benzene rings is 2. The van der Waals surface area contributed by atoms with Crippen molar-refractivity contribution in [2.45, 2.75) is 6.54 Å². The molecule has 0 amide bonds. The molecule has 106 valence electrons. The third kappa shape index (κ3) is 2.62. The molecular formula is C17H16N2OS. The van der Waals surface area contributed by atoms with Crippen molar-refractivity contribution < 1.29 is 4.74 Å². The van der Waals surface area contributed by atoms with Crippen LogP contribution in [0.4, 0.5) is 0 Å². The number of thiocarbonyl (C=S) groups is 1. The summed E-state index contributed by atoms with van der Waals surface area (Å²) < 4.78 is 7.59. The van der Waals surface area contributed by atoms with Crippen LogP contribution in [0.3, 0.4) is 0 Å². The fourth-order valence-corrected chi connectivity index (χ4v) is 2.62. The van der Waals surface area contributed by atoms with E-state index in [1.54, 1.807) is 7.11 Å². The van der Waals surface area contributed by atoms with Gasteiger partial charge in [-0.3, -0.25) is 0 Å². The molecule has 0 aliphatic heterocycles. The average Bonchev–Trinajstić information content (AvgIpc) is 2.90. The molecule has 2 aromatic carbocycles. The molecular weight excluding hydrogens is 280 g/mol. The number of nitrogens with two attached hydrogens (primary N) is 1. The van der Waals surface area contributed by atoms with E-state index in [4.69, 9.17) is 22.7 Å². The lowest BCUT2D eigenvalue weighted by Gasteiger charge is -2.10. The molecule has 0 aliphatic rings. The predicted molar refractivity (Wildman–Crippen MR) is 89.9 cm³/mol. The highest BCUT2D eigenvalue weighted by Crippen LogP contribution is 2.23. The van der Waals surface area contributed by atoms with Crippen LogP contribution in [0.15, 0.2) is 54.7 Å². The van der Waals surface area contributed by atoms with Gasteiger partial charge in [0, 0.05) is 22.8 Å². The van der Waals surface area contributed by atoms with E-state index in [0.29, 0.717) is 4.99 Å². The molecule has 3 rings (SSSR count). The minimum absolute atomic E-state index is 0.418. The topological polar surface area (TPSA) is 40.2 Å². The molecule has 0 aliphatic carbocycles. The molecule has 0 saturated heterocycles. The van der Waals surface area contributed by atoms with E-state index in [1.807, 2.05) is 36.4 Å². The molecule has 1 heterocycles. The van der Waals surface area contributed by atoms with E-state index < -0.39 is 0 Å². The van der Waals surface area contributed by atoms with Gasteiger partial charge in [0.1, 0.15) is 10.7 Å². The number of methoxy groups -OCH3 is 1. The number of fused-ring (bicyclic) bond motifs is 1. The summed E-state index contributed by atoms with van der Waals surface area (Å²) in [6, 6.07) is 16.2. The lowest BCUT2D eigenvalue weighted by Crippen LogP contribution is -2.09. The Morgan fingerprint density at radius 2 is 2.00 bits per heavy atom. The highest BCUT2D eigenvalue weighted by atomic mass is 32.1. The lowest BCUT2D eigenvalue weighted by atomic mass is 10.1. The second-order valence-corrected chi connectivity index (χ2v) is 5.33. The highest BCUT2D eigenvalue weighted by Gasteiger charge is 2.07. The quantitative estimate of drug-likeness (QED) is 0.751. The fourth-order valence-electron chi connectivity index (χ4n) is 2.49. The van der Waals surface area contributed by atoms with Gasteiger partial charge in [-0.05, 0) is 23.6 Å². The van der Waals surface area contributed by atoms with Crippen molar-refractivity contribution in [2.24, 2.45) is 5.73 Å². The number of para-hydroxylation sites is 1. The summed E-state index contributed by atoms with van der Waals surface area (Å²) >= 11 is 5.06. The molecule has 0 unspecified atom stereocenters. The van der Waals surface area contributed by atoms with E-state index in [0.717, 1.165) is 28.9 Å². The lowest BCUT2D eigenvalue weighted by molar-refractivity contribution is 0.408. The molecule has 1 aromatic heterocycles. The van der Waals surface area contributed by atoms with Crippen molar-refractivity contribution in [3.63, 3.8) is 0 Å². The molecule has 3 aromatic rings. The molecule has 0 radical (unpaired) electrons. The zero-order valence-electron chi connectivity index (χ0n) is 11.7. The zero-order valence-corrected chi connectivity index (χ0v) is 12.6. The number of hydrogen-bond acceptors (Lipinski definition) is 2. The van der Waals surface area contributed by atoms with Gasteiger partial charge in [0.05, 0.1) is 13.7 Å². The van der Waals surface area contributed by atoms with Crippen molar-refractivity contribution in [2.75, 3.05) is 7.11 Å². The van der Waals surface area contributed by atoms with Crippen LogP contribution in [0.25, 0.3) is 10.9 Å². The van der Waals surface area contributed by atoms with E-state index in [9.17, 15) is 0 Å². The van der Waals surface area contributed by atoms with Crippen molar-refractivity contribution in [1.82, 2.24) is 4.57 Å². The van der Waals surface area contributed by atoms with Crippen LogP contribution in [0.5, 0.6) is 5.75 Å². The van der Waals surface area contributed by atoms with Crippen LogP contribution < -0.4 is 10.5 Å². The largest absolute Gasteiger partial charge is 0.496 e. The first-order valence-electron chi connectivity index (χ1n) is 6.69. The Bertz CT molecular complexity index is 807. The summed E-state index contributed by atoms with van der Waals surface area (Å²) in [5, 5.41) is 1.17. The second kappa shape index (κ2) is 5.58. The van der Waals surface area contributed by atoms with Gasteiger partial charge < -0.3 is 15.0 Å². The minimum Gasteiger partial charge on any atom is -0.496 e. The normalized spacial score (nSPS) is 10.7. The van der Waals surface area contributed by atoms with Gasteiger partial charge in [-0.25, -0.2) is 0 Å². The van der Waals surface area contributed by atoms with Crippen LogP contribution in [0.1, 0.15) is 11.1 Å². The third-order valence-corrected chi connectivity index (χ3v) is 3.83. The minimum atomic E-state index is 0.418. The van der Waals surface area contributed by atoms with Gasteiger partial charge in [-0.2, -0.15) is 0 Å². The van der Waals surface area contributed by atoms with Gasteiger partial charge >= 0.3 is 0 Å². The molecule has 0 spiro atoms. The number of aromatic nitrogens is 1. The summed E-state index contributed by atoms with van der Waals surface area (Å²) in [7, 11) is 1.69. The first-order chi connectivity index (χ1) is 10.2. The number of hydrogen-bond donors (Lipinski definition) is 1. The third-order valence-electron chi connectivity index (χ3n) is 3.59. The Balaban J connectivity index is 2.04. The smallest absolute Gasteiger partial charge is 0.123 e. The SMILES string of the molecule is COc1ccccc1Cn1ccc2ccc(C(N)=S)cc21. The molecule has 0 atom stereocenters. The predicted octanol–water partition coefficient (Wildman–Crippen LogP) is 3.33. The Morgan fingerprint density at radius 1 is 1.19 bits per heavy atom. The van der Waals surface area contributed by atoms with Crippen LogP contribution in [-0.4, -0.2) is 16.7 Å². The maximum absolute atomic E-state index is 5.72. The standard InChI is InChI=1S/C17H16N2OS/c1-20-16-5-3-2-4-14(16)11-19-9-8-12-6-7-13(17(18)21)10-15(12)19/h2-10H,11H2,1H3,(H2,18,21). The monoisotopic (exact) mass is 296 g/mol. The number of ether oxygens (including phenoxy) is 1. The maximum Gasteiger partial charge on any atom is 0.123 e. The molecule has 0 fully saturated rings. The van der Waals surface area contributed by atoms with Crippen molar-refractivity contribution in [3.05, 3.63) is 65.9 Å². The van der Waals surface area contributed by atoms with Gasteiger partial charge in [-0.1, -0.05) is 42.5 Å².